The molecule has 0 saturated carbocycles. The molecular formula is C74H58B2N2. The van der Waals surface area contributed by atoms with Crippen LogP contribution >= 0.6 is 0 Å². The van der Waals surface area contributed by atoms with E-state index < -0.39 is 0 Å². The zero-order valence-electron chi connectivity index (χ0n) is 46.2. The Labute approximate surface area is 459 Å². The van der Waals surface area contributed by atoms with Crippen LogP contribution in [0.1, 0.15) is 55.6 Å². The molecule has 12 aromatic rings. The lowest BCUT2D eigenvalue weighted by molar-refractivity contribution is 1.21. The van der Waals surface area contributed by atoms with Crippen LogP contribution in [-0.2, 0) is 0 Å². The zero-order chi connectivity index (χ0) is 52.9. The third-order valence-corrected chi connectivity index (χ3v) is 18.8. The topological polar surface area (TPSA) is 6.48 Å². The second kappa shape index (κ2) is 16.0. The molecule has 4 aliphatic heterocycles. The van der Waals surface area contributed by atoms with E-state index in [9.17, 15) is 0 Å². The van der Waals surface area contributed by atoms with Gasteiger partial charge in [0, 0.05) is 22.7 Å². The lowest BCUT2D eigenvalue weighted by Gasteiger charge is -2.43. The predicted molar refractivity (Wildman–Crippen MR) is 338 cm³/mol. The standard InChI is InChI=1S/C74H58B2N2/c1-39-31-45(7)73(46(8)32-39)77-61-27-13-11-25-57(61)75-59-37-55-54(66-43(5)21-16-22-44(66)6)36-52-50-24-18-30-64-72(50)76(58-26-12-14-28-62(58)78(64)74-47(9)33-40(2)34-48(74)10)60-38-56-53(65-41(3)19-15-20-42(65)4)35-51(49-23-17-29-63(77)71(49)75)67(59)69(56)70(55)68(52)60/h11-38H,1-10H3. The molecule has 78 heavy (non-hydrogen) atoms. The van der Waals surface area contributed by atoms with Gasteiger partial charge in [0.15, 0.2) is 0 Å². The number of rotatable bonds is 4. The van der Waals surface area contributed by atoms with Crippen LogP contribution in [0.5, 0.6) is 0 Å². The summed E-state index contributed by atoms with van der Waals surface area (Å²) in [5, 5.41) is 8.25. The highest BCUT2D eigenvalue weighted by Gasteiger charge is 2.46. The number of anilines is 6. The van der Waals surface area contributed by atoms with E-state index in [-0.39, 0.29) is 13.4 Å². The average Bonchev–Trinajstić information content (AvgIpc) is 3.53. The fourth-order valence-corrected chi connectivity index (χ4v) is 16.2. The summed E-state index contributed by atoms with van der Waals surface area (Å²) in [7, 11) is 0. The van der Waals surface area contributed by atoms with Crippen LogP contribution in [0, 0.1) is 69.2 Å². The number of hydrogen-bond donors (Lipinski definition) is 0. The van der Waals surface area contributed by atoms with Gasteiger partial charge in [0.1, 0.15) is 0 Å². The minimum Gasteiger partial charge on any atom is -0.311 e. The summed E-state index contributed by atoms with van der Waals surface area (Å²) in [5.74, 6) is 0. The van der Waals surface area contributed by atoms with Crippen molar-refractivity contribution in [3.63, 3.8) is 0 Å². The average molecular weight is 997 g/mol. The van der Waals surface area contributed by atoms with Gasteiger partial charge in [-0.1, -0.05) is 156 Å². The largest absolute Gasteiger partial charge is 0.311 e. The summed E-state index contributed by atoms with van der Waals surface area (Å²) in [5.41, 5.74) is 39.5. The van der Waals surface area contributed by atoms with Gasteiger partial charge < -0.3 is 9.80 Å². The summed E-state index contributed by atoms with van der Waals surface area (Å²) >= 11 is 0. The molecule has 16 rings (SSSR count). The highest BCUT2D eigenvalue weighted by Crippen LogP contribution is 2.53. The van der Waals surface area contributed by atoms with Crippen LogP contribution in [0.15, 0.2) is 170 Å². The van der Waals surface area contributed by atoms with Gasteiger partial charge in [-0.15, -0.1) is 0 Å². The van der Waals surface area contributed by atoms with Gasteiger partial charge in [-0.2, -0.15) is 0 Å². The minimum atomic E-state index is 0.00547. The molecule has 0 fully saturated rings. The highest BCUT2D eigenvalue weighted by atomic mass is 15.2. The van der Waals surface area contributed by atoms with Crippen molar-refractivity contribution >= 4 is 113 Å². The van der Waals surface area contributed by atoms with Crippen molar-refractivity contribution in [2.75, 3.05) is 9.80 Å². The number of nitrogens with zero attached hydrogens (tertiary/aromatic N) is 2. The molecule has 370 valence electrons. The molecule has 0 aromatic heterocycles. The van der Waals surface area contributed by atoms with Crippen LogP contribution in [0.25, 0.3) is 76.8 Å². The molecule has 0 saturated heterocycles. The summed E-state index contributed by atoms with van der Waals surface area (Å²) < 4.78 is 0. The third-order valence-electron chi connectivity index (χ3n) is 18.8. The number of aryl methyl sites for hydroxylation is 10. The number of benzene rings is 12. The Balaban J connectivity index is 1.12. The Morgan fingerprint density at radius 3 is 1.00 bits per heavy atom. The smallest absolute Gasteiger partial charge is 0.248 e. The summed E-state index contributed by atoms with van der Waals surface area (Å²) in [6.45, 7) is 22.9. The maximum Gasteiger partial charge on any atom is 0.248 e. The van der Waals surface area contributed by atoms with Crippen molar-refractivity contribution in [3.8, 4) is 44.5 Å². The van der Waals surface area contributed by atoms with E-state index in [1.54, 1.807) is 0 Å². The SMILES string of the molecule is Cc1cc(C)c(N2c3ccccc3B3c4c(cccc42)-c2cc(-c4c(C)cccc4C)c4cc5c6c(cc(-c7c(C)cccc7C)c7cc3c2c4c76)-c2cccc3c2B5c2ccccc2N3c2c(C)cc(C)cc2C)c(C)c1. The van der Waals surface area contributed by atoms with Gasteiger partial charge in [0.2, 0.25) is 13.4 Å². The van der Waals surface area contributed by atoms with E-state index in [4.69, 9.17) is 0 Å². The van der Waals surface area contributed by atoms with E-state index in [0.29, 0.717) is 0 Å². The first-order valence-corrected chi connectivity index (χ1v) is 28.1. The first-order valence-electron chi connectivity index (χ1n) is 28.1. The molecule has 0 spiro atoms. The lowest BCUT2D eigenvalue weighted by Crippen LogP contribution is -2.60. The van der Waals surface area contributed by atoms with Gasteiger partial charge >= 0.3 is 0 Å². The van der Waals surface area contributed by atoms with Crippen LogP contribution < -0.4 is 42.6 Å². The number of hydrogen-bond acceptors (Lipinski definition) is 2. The zero-order valence-corrected chi connectivity index (χ0v) is 46.2. The first-order chi connectivity index (χ1) is 37.9. The highest BCUT2D eigenvalue weighted by molar-refractivity contribution is 7.02. The van der Waals surface area contributed by atoms with Crippen molar-refractivity contribution in [2.45, 2.75) is 69.2 Å². The molecule has 0 radical (unpaired) electrons. The second-order valence-corrected chi connectivity index (χ2v) is 23.6. The number of fused-ring (bicyclic) bond motifs is 8. The molecular weight excluding hydrogens is 938 g/mol. The van der Waals surface area contributed by atoms with E-state index in [1.165, 1.54) is 199 Å². The molecule has 4 heteroatoms. The third kappa shape index (κ3) is 5.85. The molecule has 0 N–H and O–H groups in total. The van der Waals surface area contributed by atoms with Crippen LogP contribution in [-0.4, -0.2) is 13.4 Å². The van der Waals surface area contributed by atoms with Crippen molar-refractivity contribution in [1.29, 1.82) is 0 Å². The monoisotopic (exact) mass is 996 g/mol. The van der Waals surface area contributed by atoms with Gasteiger partial charge in [-0.05, 0) is 249 Å². The Morgan fingerprint density at radius 1 is 0.269 bits per heavy atom. The van der Waals surface area contributed by atoms with Gasteiger partial charge in [0.05, 0.1) is 11.4 Å². The van der Waals surface area contributed by atoms with Crippen molar-refractivity contribution in [1.82, 2.24) is 0 Å². The molecule has 0 aliphatic carbocycles. The molecule has 4 heterocycles. The maximum atomic E-state index is 2.69. The van der Waals surface area contributed by atoms with Crippen LogP contribution in [0.3, 0.4) is 0 Å². The number of para-hydroxylation sites is 2. The van der Waals surface area contributed by atoms with Crippen molar-refractivity contribution < 1.29 is 0 Å². The first kappa shape index (κ1) is 45.6. The normalized spacial score (nSPS) is 13.4. The predicted octanol–water partition coefficient (Wildman–Crippen LogP) is 15.6. The molecule has 0 bridgehead atoms. The second-order valence-electron chi connectivity index (χ2n) is 23.6. The van der Waals surface area contributed by atoms with Gasteiger partial charge in [-0.25, -0.2) is 0 Å². The van der Waals surface area contributed by atoms with Crippen molar-refractivity contribution in [3.05, 3.63) is 225 Å². The van der Waals surface area contributed by atoms with E-state index in [0.717, 1.165) is 0 Å². The Hall–Kier alpha value is -8.59. The minimum absolute atomic E-state index is 0.00547. The fourth-order valence-electron chi connectivity index (χ4n) is 16.2. The molecule has 0 unspecified atom stereocenters. The lowest BCUT2D eigenvalue weighted by atomic mass is 9.31. The van der Waals surface area contributed by atoms with Crippen LogP contribution in [0.4, 0.5) is 34.1 Å². The fraction of sp³-hybridized carbons (Fsp3) is 0.135. The van der Waals surface area contributed by atoms with Crippen LogP contribution in [0.2, 0.25) is 0 Å². The van der Waals surface area contributed by atoms with E-state index >= 15 is 0 Å². The van der Waals surface area contributed by atoms with Crippen molar-refractivity contribution in [2.24, 2.45) is 0 Å². The Bertz CT molecular complexity index is 4330. The Kier molecular flexibility index (Phi) is 9.35. The molecule has 4 aliphatic rings. The molecule has 12 aromatic carbocycles. The molecule has 0 amide bonds. The quantitative estimate of drug-likeness (QED) is 0.128. The van der Waals surface area contributed by atoms with Gasteiger partial charge in [0.25, 0.3) is 0 Å². The Morgan fingerprint density at radius 2 is 0.615 bits per heavy atom. The summed E-state index contributed by atoms with van der Waals surface area (Å²) in [6.07, 6.45) is 0. The van der Waals surface area contributed by atoms with Gasteiger partial charge in [-0.3, -0.25) is 0 Å². The van der Waals surface area contributed by atoms with E-state index in [1.807, 2.05) is 0 Å². The summed E-state index contributed by atoms with van der Waals surface area (Å²) in [6, 6.07) is 66.8. The molecule has 2 nitrogen and oxygen atoms in total. The maximum absolute atomic E-state index is 2.69. The van der Waals surface area contributed by atoms with E-state index in [2.05, 4.69) is 249 Å². The molecule has 0 atom stereocenters. The summed E-state index contributed by atoms with van der Waals surface area (Å²) in [4.78, 5) is 5.21.